The van der Waals surface area contributed by atoms with Crippen LogP contribution in [0.1, 0.15) is 30.4 Å². The summed E-state index contributed by atoms with van der Waals surface area (Å²) in [6.07, 6.45) is 2.89. The number of aryl methyl sites for hydroxylation is 1. The first-order chi connectivity index (χ1) is 10.8. The highest BCUT2D eigenvalue weighted by Gasteiger charge is 2.28. The van der Waals surface area contributed by atoms with Crippen molar-refractivity contribution in [2.45, 2.75) is 38.8 Å². The van der Waals surface area contributed by atoms with Crippen LogP contribution in [0.5, 0.6) is 0 Å². The number of hydrogen-bond acceptors (Lipinski definition) is 4. The molecule has 1 saturated heterocycles. The number of hydrogen-bond donors (Lipinski definition) is 2. The minimum atomic E-state index is -3.55. The van der Waals surface area contributed by atoms with Crippen molar-refractivity contribution in [3.8, 4) is 0 Å². The lowest BCUT2D eigenvalue weighted by Gasteiger charge is -2.34. The lowest BCUT2D eigenvalue weighted by molar-refractivity contribution is -0.127. The van der Waals surface area contributed by atoms with E-state index < -0.39 is 10.0 Å². The Hall–Kier alpha value is -1.44. The minimum absolute atomic E-state index is 0.0620. The number of benzene rings is 1. The van der Waals surface area contributed by atoms with Crippen LogP contribution in [0.4, 0.5) is 0 Å². The molecule has 0 unspecified atom stereocenters. The summed E-state index contributed by atoms with van der Waals surface area (Å²) in [5.41, 5.74) is 2.39. The third kappa shape index (κ3) is 5.93. The van der Waals surface area contributed by atoms with Gasteiger partial charge in [-0.3, -0.25) is 9.69 Å². The SMILES string of the molecule is Cc1cccc(CN2CCCC[C@@H]2C(=O)NCCS(N)(=O)=O)c1. The van der Waals surface area contributed by atoms with Crippen molar-refractivity contribution in [2.24, 2.45) is 5.14 Å². The van der Waals surface area contributed by atoms with Gasteiger partial charge >= 0.3 is 0 Å². The van der Waals surface area contributed by atoms with Gasteiger partial charge in [0.05, 0.1) is 11.8 Å². The summed E-state index contributed by atoms with van der Waals surface area (Å²) in [5, 5.41) is 7.65. The fourth-order valence-corrected chi connectivity index (χ4v) is 3.34. The van der Waals surface area contributed by atoms with E-state index in [0.717, 1.165) is 32.4 Å². The van der Waals surface area contributed by atoms with Crippen LogP contribution in [-0.2, 0) is 21.4 Å². The van der Waals surface area contributed by atoms with Crippen molar-refractivity contribution >= 4 is 15.9 Å². The molecule has 0 bridgehead atoms. The number of nitrogens with two attached hydrogens (primary N) is 1. The standard InChI is InChI=1S/C16H25N3O3S/c1-13-5-4-6-14(11-13)12-19-9-3-2-7-15(19)16(20)18-8-10-23(17,21)22/h4-6,11,15H,2-3,7-10,12H2,1H3,(H,18,20)(H2,17,21,22)/t15-/m1/s1. The van der Waals surface area contributed by atoms with Crippen LogP contribution in [0, 0.1) is 6.92 Å². The third-order valence-corrected chi connectivity index (χ3v) is 4.84. The number of carbonyl (C=O) groups excluding carboxylic acids is 1. The number of carbonyl (C=O) groups is 1. The number of nitrogens with one attached hydrogen (secondary N) is 1. The highest BCUT2D eigenvalue weighted by atomic mass is 32.2. The first-order valence-corrected chi connectivity index (χ1v) is 9.64. The number of likely N-dealkylation sites (tertiary alicyclic amines) is 1. The van der Waals surface area contributed by atoms with E-state index in [-0.39, 0.29) is 24.2 Å². The van der Waals surface area contributed by atoms with Gasteiger partial charge in [0.25, 0.3) is 0 Å². The van der Waals surface area contributed by atoms with E-state index in [2.05, 4.69) is 35.3 Å². The van der Waals surface area contributed by atoms with Crippen molar-refractivity contribution in [1.82, 2.24) is 10.2 Å². The number of piperidine rings is 1. The van der Waals surface area contributed by atoms with E-state index in [1.54, 1.807) is 0 Å². The van der Waals surface area contributed by atoms with Crippen LogP contribution in [0.2, 0.25) is 0 Å². The van der Waals surface area contributed by atoms with E-state index in [0.29, 0.717) is 0 Å². The lowest BCUT2D eigenvalue weighted by atomic mass is 10.00. The van der Waals surface area contributed by atoms with E-state index >= 15 is 0 Å². The molecule has 128 valence electrons. The molecule has 1 atom stereocenters. The Morgan fingerprint density at radius 2 is 2.17 bits per heavy atom. The Kier molecular flexibility index (Phi) is 6.15. The maximum absolute atomic E-state index is 12.4. The van der Waals surface area contributed by atoms with Crippen LogP contribution >= 0.6 is 0 Å². The predicted molar refractivity (Wildman–Crippen MR) is 90.2 cm³/mol. The number of rotatable bonds is 6. The zero-order valence-corrected chi connectivity index (χ0v) is 14.3. The van der Waals surface area contributed by atoms with Gasteiger partial charge in [0, 0.05) is 13.1 Å². The number of amides is 1. The molecular formula is C16H25N3O3S. The Labute approximate surface area is 138 Å². The fraction of sp³-hybridized carbons (Fsp3) is 0.562. The van der Waals surface area contributed by atoms with E-state index in [1.165, 1.54) is 11.1 Å². The second kappa shape index (κ2) is 7.90. The molecule has 1 amide bonds. The molecule has 6 nitrogen and oxygen atoms in total. The molecule has 0 aromatic heterocycles. The highest BCUT2D eigenvalue weighted by Crippen LogP contribution is 2.20. The zero-order valence-electron chi connectivity index (χ0n) is 13.5. The van der Waals surface area contributed by atoms with Gasteiger partial charge in [0.2, 0.25) is 15.9 Å². The highest BCUT2D eigenvalue weighted by molar-refractivity contribution is 7.89. The summed E-state index contributed by atoms with van der Waals surface area (Å²) in [5.74, 6) is -0.343. The largest absolute Gasteiger partial charge is 0.354 e. The molecule has 1 fully saturated rings. The maximum atomic E-state index is 12.4. The van der Waals surface area contributed by atoms with Crippen molar-refractivity contribution < 1.29 is 13.2 Å². The Balaban J connectivity index is 1.96. The quantitative estimate of drug-likeness (QED) is 0.800. The molecule has 1 aliphatic rings. The predicted octanol–water partition coefficient (Wildman–Crippen LogP) is 0.754. The van der Waals surface area contributed by atoms with E-state index in [9.17, 15) is 13.2 Å². The Morgan fingerprint density at radius 1 is 1.39 bits per heavy atom. The topological polar surface area (TPSA) is 92.5 Å². The van der Waals surface area contributed by atoms with Gasteiger partial charge in [-0.05, 0) is 31.9 Å². The molecule has 1 heterocycles. The first kappa shape index (κ1) is 17.9. The smallest absolute Gasteiger partial charge is 0.237 e. The van der Waals surface area contributed by atoms with Crippen LogP contribution in [0.25, 0.3) is 0 Å². The van der Waals surface area contributed by atoms with E-state index in [1.807, 2.05) is 6.07 Å². The maximum Gasteiger partial charge on any atom is 0.237 e. The van der Waals surface area contributed by atoms with Gasteiger partial charge in [0.15, 0.2) is 0 Å². The normalized spacial score (nSPS) is 19.5. The Morgan fingerprint density at radius 3 is 2.87 bits per heavy atom. The average Bonchev–Trinajstić information content (AvgIpc) is 2.46. The van der Waals surface area contributed by atoms with Gasteiger partial charge < -0.3 is 5.32 Å². The molecule has 1 aliphatic heterocycles. The molecule has 1 aromatic rings. The third-order valence-electron chi connectivity index (χ3n) is 4.07. The lowest BCUT2D eigenvalue weighted by Crippen LogP contribution is -2.49. The fourth-order valence-electron chi connectivity index (χ4n) is 2.96. The van der Waals surface area contributed by atoms with Crippen LogP contribution in [-0.4, -0.2) is 44.1 Å². The second-order valence-electron chi connectivity index (χ2n) is 6.13. The van der Waals surface area contributed by atoms with Crippen LogP contribution < -0.4 is 10.5 Å². The van der Waals surface area contributed by atoms with Gasteiger partial charge in [-0.15, -0.1) is 0 Å². The van der Waals surface area contributed by atoms with Gasteiger partial charge in [-0.1, -0.05) is 36.2 Å². The Bertz CT molecular complexity index is 646. The molecule has 7 heteroatoms. The number of nitrogens with zero attached hydrogens (tertiary/aromatic N) is 1. The number of sulfonamides is 1. The van der Waals surface area contributed by atoms with Gasteiger partial charge in [0.1, 0.15) is 0 Å². The molecule has 0 spiro atoms. The van der Waals surface area contributed by atoms with Gasteiger partial charge in [-0.25, -0.2) is 13.6 Å². The molecule has 3 N–H and O–H groups in total. The summed E-state index contributed by atoms with van der Waals surface area (Å²) in [4.78, 5) is 14.5. The van der Waals surface area contributed by atoms with Crippen LogP contribution in [0.15, 0.2) is 24.3 Å². The average molecular weight is 339 g/mol. The molecule has 0 saturated carbocycles. The molecule has 1 aromatic carbocycles. The second-order valence-corrected chi connectivity index (χ2v) is 7.86. The molecular weight excluding hydrogens is 314 g/mol. The van der Waals surface area contributed by atoms with Gasteiger partial charge in [-0.2, -0.15) is 0 Å². The summed E-state index contributed by atoms with van der Waals surface area (Å²) in [6, 6.07) is 8.07. The van der Waals surface area contributed by atoms with Crippen molar-refractivity contribution in [1.29, 1.82) is 0 Å². The number of primary sulfonamides is 1. The molecule has 2 rings (SSSR count). The molecule has 23 heavy (non-hydrogen) atoms. The molecule has 0 aliphatic carbocycles. The summed E-state index contributed by atoms with van der Waals surface area (Å²) in [7, 11) is -3.55. The first-order valence-electron chi connectivity index (χ1n) is 7.93. The van der Waals surface area contributed by atoms with Crippen molar-refractivity contribution in [2.75, 3.05) is 18.8 Å². The zero-order chi connectivity index (χ0) is 16.9. The monoisotopic (exact) mass is 339 g/mol. The summed E-state index contributed by atoms with van der Waals surface area (Å²) < 4.78 is 21.9. The van der Waals surface area contributed by atoms with Crippen molar-refractivity contribution in [3.63, 3.8) is 0 Å². The van der Waals surface area contributed by atoms with Crippen LogP contribution in [0.3, 0.4) is 0 Å². The minimum Gasteiger partial charge on any atom is -0.354 e. The summed E-state index contributed by atoms with van der Waals surface area (Å²) >= 11 is 0. The van der Waals surface area contributed by atoms with Crippen molar-refractivity contribution in [3.05, 3.63) is 35.4 Å². The molecule has 0 radical (unpaired) electrons. The summed E-state index contributed by atoms with van der Waals surface area (Å²) in [6.45, 7) is 3.72. The van der Waals surface area contributed by atoms with E-state index in [4.69, 9.17) is 5.14 Å².